The number of nitrogens with zero attached hydrogens (tertiary/aromatic N) is 3. The Bertz CT molecular complexity index is 1020. The van der Waals surface area contributed by atoms with Gasteiger partial charge in [0.2, 0.25) is 12.7 Å². The van der Waals surface area contributed by atoms with Crippen LogP contribution in [0, 0.1) is 0 Å². The zero-order chi connectivity index (χ0) is 23.5. The quantitative estimate of drug-likeness (QED) is 0.621. The number of fused-ring (bicyclic) bond motifs is 1. The number of carbonyl (C=O) groups is 1. The van der Waals surface area contributed by atoms with E-state index >= 15 is 0 Å². The largest absolute Gasteiger partial charge is 0.497 e. The zero-order valence-electron chi connectivity index (χ0n) is 20.0. The molecule has 3 aliphatic rings. The Kier molecular flexibility index (Phi) is 6.78. The van der Waals surface area contributed by atoms with Gasteiger partial charge in [0.25, 0.3) is 0 Å². The normalized spacial score (nSPS) is 20.5. The smallest absolute Gasteiger partial charge is 0.236 e. The zero-order valence-corrected chi connectivity index (χ0v) is 20.0. The molecule has 3 heterocycles. The van der Waals surface area contributed by atoms with E-state index < -0.39 is 0 Å². The highest BCUT2D eigenvalue weighted by Gasteiger charge is 2.32. The summed E-state index contributed by atoms with van der Waals surface area (Å²) in [6.07, 6.45) is 2.09. The number of carbonyl (C=O) groups excluding carboxylic acids is 1. The van der Waals surface area contributed by atoms with Crippen molar-refractivity contribution in [1.29, 1.82) is 0 Å². The molecule has 3 aliphatic heterocycles. The van der Waals surface area contributed by atoms with Gasteiger partial charge in [0.05, 0.1) is 20.8 Å². The molecule has 1 atom stereocenters. The van der Waals surface area contributed by atoms with Gasteiger partial charge in [-0.15, -0.1) is 0 Å². The first-order chi connectivity index (χ1) is 16.6. The van der Waals surface area contributed by atoms with E-state index in [-0.39, 0.29) is 11.9 Å². The summed E-state index contributed by atoms with van der Waals surface area (Å²) in [6, 6.07) is 12.2. The molecule has 182 valence electrons. The molecule has 5 rings (SSSR count). The predicted octanol–water partition coefficient (Wildman–Crippen LogP) is 2.91. The maximum Gasteiger partial charge on any atom is 0.236 e. The number of hydrogen-bond donors (Lipinski definition) is 0. The number of rotatable bonds is 7. The van der Waals surface area contributed by atoms with E-state index in [0.29, 0.717) is 13.3 Å². The van der Waals surface area contributed by atoms with Gasteiger partial charge in [0.15, 0.2) is 11.5 Å². The minimum Gasteiger partial charge on any atom is -0.497 e. The van der Waals surface area contributed by atoms with Crippen LogP contribution in [0.1, 0.15) is 30.0 Å². The molecule has 8 heteroatoms. The Balaban J connectivity index is 1.16. The van der Waals surface area contributed by atoms with Crippen molar-refractivity contribution < 1.29 is 23.7 Å². The van der Waals surface area contributed by atoms with E-state index in [4.69, 9.17) is 18.9 Å². The third-order valence-electron chi connectivity index (χ3n) is 7.07. The van der Waals surface area contributed by atoms with Gasteiger partial charge in [-0.25, -0.2) is 0 Å². The lowest BCUT2D eigenvalue weighted by Gasteiger charge is -2.36. The second-order valence-electron chi connectivity index (χ2n) is 9.08. The molecule has 2 fully saturated rings. The standard InChI is InChI=1S/C26H33N3O5/c1-31-20-6-8-23(32-2)21(15-20)22-4-3-9-29(22)17-26(30)28-12-10-27(11-13-28)16-19-5-7-24-25(14-19)34-18-33-24/h5-8,14-15,22H,3-4,9-13,16-18H2,1-2H3. The van der Waals surface area contributed by atoms with E-state index in [2.05, 4.69) is 21.9 Å². The van der Waals surface area contributed by atoms with Crippen LogP contribution in [0.4, 0.5) is 0 Å². The number of methoxy groups -OCH3 is 2. The molecule has 0 bridgehead atoms. The number of amides is 1. The molecule has 0 radical (unpaired) electrons. The number of ether oxygens (including phenoxy) is 4. The van der Waals surface area contributed by atoms with Crippen molar-refractivity contribution in [1.82, 2.24) is 14.7 Å². The molecule has 0 N–H and O–H groups in total. The van der Waals surface area contributed by atoms with Gasteiger partial charge >= 0.3 is 0 Å². The van der Waals surface area contributed by atoms with Gasteiger partial charge in [-0.1, -0.05) is 6.07 Å². The van der Waals surface area contributed by atoms with Gasteiger partial charge in [-0.05, 0) is 55.3 Å². The summed E-state index contributed by atoms with van der Waals surface area (Å²) >= 11 is 0. The molecule has 1 amide bonds. The maximum absolute atomic E-state index is 13.2. The number of piperazine rings is 1. The van der Waals surface area contributed by atoms with Gasteiger partial charge in [-0.2, -0.15) is 0 Å². The Labute approximate surface area is 200 Å². The second-order valence-corrected chi connectivity index (χ2v) is 9.08. The van der Waals surface area contributed by atoms with Crippen LogP contribution in [-0.4, -0.2) is 80.9 Å². The lowest BCUT2D eigenvalue weighted by Crippen LogP contribution is -2.50. The predicted molar refractivity (Wildman–Crippen MR) is 128 cm³/mol. The fourth-order valence-electron chi connectivity index (χ4n) is 5.19. The molecule has 2 saturated heterocycles. The molecular formula is C26H33N3O5. The van der Waals surface area contributed by atoms with Crippen molar-refractivity contribution >= 4 is 5.91 Å². The van der Waals surface area contributed by atoms with Crippen molar-refractivity contribution in [2.75, 3.05) is 60.3 Å². The van der Waals surface area contributed by atoms with Crippen LogP contribution in [0.3, 0.4) is 0 Å². The Morgan fingerprint density at radius 1 is 0.971 bits per heavy atom. The average molecular weight is 468 g/mol. The van der Waals surface area contributed by atoms with Crippen molar-refractivity contribution in [2.24, 2.45) is 0 Å². The van der Waals surface area contributed by atoms with E-state index in [1.807, 2.05) is 29.2 Å². The van der Waals surface area contributed by atoms with Gasteiger partial charge in [-0.3, -0.25) is 14.6 Å². The van der Waals surface area contributed by atoms with Gasteiger partial charge in [0.1, 0.15) is 11.5 Å². The summed E-state index contributed by atoms with van der Waals surface area (Å²) in [4.78, 5) is 19.9. The van der Waals surface area contributed by atoms with Crippen molar-refractivity contribution in [2.45, 2.75) is 25.4 Å². The van der Waals surface area contributed by atoms with Crippen molar-refractivity contribution in [3.63, 3.8) is 0 Å². The van der Waals surface area contributed by atoms with E-state index in [1.54, 1.807) is 14.2 Å². The molecule has 0 spiro atoms. The molecule has 34 heavy (non-hydrogen) atoms. The first kappa shape index (κ1) is 22.8. The molecule has 8 nitrogen and oxygen atoms in total. The fraction of sp³-hybridized carbons (Fsp3) is 0.500. The SMILES string of the molecule is COc1ccc(OC)c(C2CCCN2CC(=O)N2CCN(Cc3ccc4c(c3)OCO4)CC2)c1. The third kappa shape index (κ3) is 4.79. The molecule has 1 unspecified atom stereocenters. The first-order valence-corrected chi connectivity index (χ1v) is 12.0. The Hall–Kier alpha value is -2.97. The van der Waals surface area contributed by atoms with Crippen LogP contribution in [-0.2, 0) is 11.3 Å². The summed E-state index contributed by atoms with van der Waals surface area (Å²) in [5, 5.41) is 0. The highest BCUT2D eigenvalue weighted by atomic mass is 16.7. The summed E-state index contributed by atoms with van der Waals surface area (Å²) in [6.45, 7) is 5.74. The van der Waals surface area contributed by atoms with Crippen LogP contribution in [0.2, 0.25) is 0 Å². The molecule has 2 aromatic carbocycles. The highest BCUT2D eigenvalue weighted by molar-refractivity contribution is 5.78. The molecule has 0 saturated carbocycles. The van der Waals surface area contributed by atoms with Crippen LogP contribution in [0.25, 0.3) is 0 Å². The van der Waals surface area contributed by atoms with Crippen LogP contribution >= 0.6 is 0 Å². The van der Waals surface area contributed by atoms with Crippen molar-refractivity contribution in [3.8, 4) is 23.0 Å². The molecular weight excluding hydrogens is 434 g/mol. The fourth-order valence-corrected chi connectivity index (χ4v) is 5.19. The van der Waals surface area contributed by atoms with Gasteiger partial charge in [0, 0.05) is 44.3 Å². The highest BCUT2D eigenvalue weighted by Crippen LogP contribution is 2.39. The number of benzene rings is 2. The van der Waals surface area contributed by atoms with E-state index in [9.17, 15) is 4.79 Å². The van der Waals surface area contributed by atoms with Crippen molar-refractivity contribution in [3.05, 3.63) is 47.5 Å². The maximum atomic E-state index is 13.2. The third-order valence-corrected chi connectivity index (χ3v) is 7.07. The lowest BCUT2D eigenvalue weighted by molar-refractivity contribution is -0.134. The Morgan fingerprint density at radius 2 is 1.79 bits per heavy atom. The topological polar surface area (TPSA) is 63.7 Å². The minimum atomic E-state index is 0.168. The first-order valence-electron chi connectivity index (χ1n) is 12.0. The monoisotopic (exact) mass is 467 g/mol. The van der Waals surface area contributed by atoms with Crippen LogP contribution < -0.4 is 18.9 Å². The Morgan fingerprint density at radius 3 is 2.59 bits per heavy atom. The second kappa shape index (κ2) is 10.1. The summed E-state index contributed by atoms with van der Waals surface area (Å²) < 4.78 is 21.9. The number of likely N-dealkylation sites (tertiary alicyclic amines) is 1. The summed E-state index contributed by atoms with van der Waals surface area (Å²) in [5.41, 5.74) is 2.30. The van der Waals surface area contributed by atoms with E-state index in [1.165, 1.54) is 5.56 Å². The molecule has 0 aliphatic carbocycles. The van der Waals surface area contributed by atoms with E-state index in [0.717, 1.165) is 80.7 Å². The average Bonchev–Trinajstić information content (AvgIpc) is 3.53. The van der Waals surface area contributed by atoms with Crippen LogP contribution in [0.15, 0.2) is 36.4 Å². The molecule has 0 aromatic heterocycles. The summed E-state index contributed by atoms with van der Waals surface area (Å²) in [7, 11) is 3.37. The van der Waals surface area contributed by atoms with Gasteiger partial charge < -0.3 is 23.8 Å². The molecule has 2 aromatic rings. The van der Waals surface area contributed by atoms with Crippen LogP contribution in [0.5, 0.6) is 23.0 Å². The summed E-state index contributed by atoms with van der Waals surface area (Å²) in [5.74, 6) is 3.50. The lowest BCUT2D eigenvalue weighted by atomic mass is 10.0. The minimum absolute atomic E-state index is 0.168. The number of hydrogen-bond acceptors (Lipinski definition) is 7.